The average molecular weight is 193 g/mol. The second-order valence-electron chi connectivity index (χ2n) is 2.33. The molecule has 0 aromatic rings. The van der Waals surface area contributed by atoms with Gasteiger partial charge in [-0.1, -0.05) is 29.3 Å². The van der Waals surface area contributed by atoms with Crippen molar-refractivity contribution in [3.05, 3.63) is 0 Å². The van der Waals surface area contributed by atoms with E-state index in [9.17, 15) is 4.79 Å². The largest absolute Gasteiger partial charge is 0.300 e. The van der Waals surface area contributed by atoms with Crippen LogP contribution in [-0.2, 0) is 4.79 Å². The van der Waals surface area contributed by atoms with Gasteiger partial charge in [-0.25, -0.2) is 0 Å². The minimum absolute atomic E-state index is 0.293. The number of hydrogen-bond donors (Lipinski definition) is 0. The van der Waals surface area contributed by atoms with Gasteiger partial charge in [0.05, 0.1) is 0 Å². The zero-order valence-corrected chi connectivity index (χ0v) is 7.57. The summed E-state index contributed by atoms with van der Waals surface area (Å²) in [5.41, 5.74) is 0. The maximum atomic E-state index is 10.6. The van der Waals surface area contributed by atoms with Crippen LogP contribution < -0.4 is 0 Å². The van der Waals surface area contributed by atoms with Crippen molar-refractivity contribution < 1.29 is 4.79 Å². The van der Waals surface area contributed by atoms with Crippen molar-refractivity contribution in [1.29, 1.82) is 0 Å². The van der Waals surface area contributed by atoms with Crippen LogP contribution in [0.25, 0.3) is 0 Å². The second-order valence-corrected chi connectivity index (χ2v) is 2.98. The first kappa shape index (κ1) is 9.15. The van der Waals surface area contributed by atoms with Gasteiger partial charge in [-0.15, -0.1) is 0 Å². The molecule has 1 unspecified atom stereocenters. The summed E-state index contributed by atoms with van der Waals surface area (Å²) < 4.78 is 0. The number of hydrogen-bond acceptors (Lipinski definition) is 1. The number of ketones is 1. The first-order chi connectivity index (χ1) is 4.20. The van der Waals surface area contributed by atoms with E-state index in [4.69, 9.17) is 0 Å². The summed E-state index contributed by atoms with van der Waals surface area (Å²) >= 11 is 3.35. The Balaban J connectivity index is 3.43. The Morgan fingerprint density at radius 1 is 1.67 bits per heavy atom. The monoisotopic (exact) mass is 192 g/mol. The molecule has 0 bridgehead atoms. The third kappa shape index (κ3) is 4.64. The van der Waals surface area contributed by atoms with Gasteiger partial charge in [-0.3, -0.25) is 0 Å². The molecule has 54 valence electrons. The number of Topliss-reactive ketones (excluding diaryl/α,β-unsaturated/α-hetero) is 1. The molecule has 0 fully saturated rings. The summed E-state index contributed by atoms with van der Waals surface area (Å²) in [6, 6.07) is 0. The van der Waals surface area contributed by atoms with Crippen LogP contribution in [0.5, 0.6) is 0 Å². The van der Waals surface area contributed by atoms with Crippen LogP contribution in [0, 0.1) is 5.92 Å². The van der Waals surface area contributed by atoms with E-state index in [0.717, 1.165) is 18.2 Å². The highest BCUT2D eigenvalue weighted by molar-refractivity contribution is 9.09. The minimum atomic E-state index is 0.293. The highest BCUT2D eigenvalue weighted by atomic mass is 79.9. The number of halogens is 1. The molecule has 0 saturated carbocycles. The molecular weight excluding hydrogens is 180 g/mol. The Labute approximate surface area is 65.0 Å². The number of carbonyl (C=O) groups is 1. The fourth-order valence-corrected chi connectivity index (χ4v) is 1.40. The van der Waals surface area contributed by atoms with E-state index >= 15 is 0 Å². The Hall–Kier alpha value is 0.150. The van der Waals surface area contributed by atoms with Crippen molar-refractivity contribution in [1.82, 2.24) is 0 Å². The van der Waals surface area contributed by atoms with Gasteiger partial charge in [0.25, 0.3) is 0 Å². The molecule has 0 spiro atoms. The number of rotatable bonds is 4. The average Bonchev–Trinajstić information content (AvgIpc) is 1.82. The van der Waals surface area contributed by atoms with Gasteiger partial charge in [0.2, 0.25) is 0 Å². The van der Waals surface area contributed by atoms with Crippen molar-refractivity contribution >= 4 is 21.7 Å². The normalized spacial score (nSPS) is 13.2. The van der Waals surface area contributed by atoms with Crippen LogP contribution in [-0.4, -0.2) is 11.1 Å². The van der Waals surface area contributed by atoms with Crippen LogP contribution >= 0.6 is 15.9 Å². The molecule has 0 aliphatic heterocycles. The predicted molar refractivity (Wildman–Crippen MR) is 42.9 cm³/mol. The van der Waals surface area contributed by atoms with Crippen LogP contribution in [0.2, 0.25) is 0 Å². The molecule has 0 saturated heterocycles. The van der Waals surface area contributed by atoms with Crippen LogP contribution in [0.1, 0.15) is 26.7 Å². The lowest BCUT2D eigenvalue weighted by atomic mass is 10.0. The molecule has 0 amide bonds. The summed E-state index contributed by atoms with van der Waals surface area (Å²) in [6.07, 6.45) is 1.81. The first-order valence-corrected chi connectivity index (χ1v) is 4.38. The van der Waals surface area contributed by atoms with E-state index in [1.54, 1.807) is 6.92 Å². The number of alkyl halides is 1. The Morgan fingerprint density at radius 2 is 2.22 bits per heavy atom. The van der Waals surface area contributed by atoms with Crippen molar-refractivity contribution in [2.45, 2.75) is 26.7 Å². The van der Waals surface area contributed by atoms with Crippen LogP contribution in [0.3, 0.4) is 0 Å². The lowest BCUT2D eigenvalue weighted by Crippen LogP contribution is -2.05. The summed E-state index contributed by atoms with van der Waals surface area (Å²) in [4.78, 5) is 10.6. The zero-order valence-electron chi connectivity index (χ0n) is 5.98. The quantitative estimate of drug-likeness (QED) is 0.626. The van der Waals surface area contributed by atoms with Gasteiger partial charge in [0.1, 0.15) is 5.78 Å². The van der Waals surface area contributed by atoms with Gasteiger partial charge in [-0.2, -0.15) is 0 Å². The van der Waals surface area contributed by atoms with E-state index < -0.39 is 0 Å². The summed E-state index contributed by atoms with van der Waals surface area (Å²) in [7, 11) is 0. The predicted octanol–water partition coefficient (Wildman–Crippen LogP) is 2.39. The standard InChI is InChI=1S/C7H13BrO/c1-3-7(5-8)4-6(2)9/h7H,3-5H2,1-2H3. The van der Waals surface area contributed by atoms with E-state index in [1.807, 2.05) is 0 Å². The van der Waals surface area contributed by atoms with Crippen molar-refractivity contribution in [3.63, 3.8) is 0 Å². The molecular formula is C7H13BrO. The molecule has 0 N–H and O–H groups in total. The summed E-state index contributed by atoms with van der Waals surface area (Å²) in [5, 5.41) is 0.948. The Morgan fingerprint density at radius 3 is 2.33 bits per heavy atom. The van der Waals surface area contributed by atoms with Crippen LogP contribution in [0.4, 0.5) is 0 Å². The van der Waals surface area contributed by atoms with Crippen molar-refractivity contribution in [3.8, 4) is 0 Å². The van der Waals surface area contributed by atoms with E-state index in [1.165, 1.54) is 0 Å². The van der Waals surface area contributed by atoms with Gasteiger partial charge in [-0.05, 0) is 12.8 Å². The van der Waals surface area contributed by atoms with E-state index in [0.29, 0.717) is 11.7 Å². The molecule has 1 nitrogen and oxygen atoms in total. The van der Waals surface area contributed by atoms with E-state index in [-0.39, 0.29) is 0 Å². The maximum Gasteiger partial charge on any atom is 0.130 e. The maximum absolute atomic E-state index is 10.6. The zero-order chi connectivity index (χ0) is 7.28. The lowest BCUT2D eigenvalue weighted by molar-refractivity contribution is -0.117. The third-order valence-electron chi connectivity index (χ3n) is 1.37. The van der Waals surface area contributed by atoms with E-state index in [2.05, 4.69) is 22.9 Å². The minimum Gasteiger partial charge on any atom is -0.300 e. The van der Waals surface area contributed by atoms with Crippen molar-refractivity contribution in [2.24, 2.45) is 5.92 Å². The molecule has 0 radical (unpaired) electrons. The van der Waals surface area contributed by atoms with Crippen molar-refractivity contribution in [2.75, 3.05) is 5.33 Å². The molecule has 2 heteroatoms. The fraction of sp³-hybridized carbons (Fsp3) is 0.857. The van der Waals surface area contributed by atoms with Gasteiger partial charge >= 0.3 is 0 Å². The Bertz CT molecular complexity index is 86.9. The van der Waals surface area contributed by atoms with Gasteiger partial charge in [0, 0.05) is 11.8 Å². The smallest absolute Gasteiger partial charge is 0.130 e. The molecule has 0 aromatic carbocycles. The second kappa shape index (κ2) is 4.98. The van der Waals surface area contributed by atoms with Gasteiger partial charge in [0.15, 0.2) is 0 Å². The molecule has 0 rings (SSSR count). The molecule has 1 atom stereocenters. The third-order valence-corrected chi connectivity index (χ3v) is 2.29. The highest BCUT2D eigenvalue weighted by Gasteiger charge is 2.05. The molecule has 0 aromatic heterocycles. The summed E-state index contributed by atoms with van der Waals surface area (Å²) in [5.74, 6) is 0.837. The molecule has 0 aliphatic carbocycles. The summed E-state index contributed by atoms with van der Waals surface area (Å²) in [6.45, 7) is 3.75. The van der Waals surface area contributed by atoms with Gasteiger partial charge < -0.3 is 4.79 Å². The first-order valence-electron chi connectivity index (χ1n) is 3.26. The fourth-order valence-electron chi connectivity index (χ4n) is 0.715. The lowest BCUT2D eigenvalue weighted by Gasteiger charge is -2.06. The molecule has 0 aliphatic rings. The number of carbonyl (C=O) groups excluding carboxylic acids is 1. The SMILES string of the molecule is CCC(CBr)CC(C)=O. The van der Waals surface area contributed by atoms with Crippen LogP contribution in [0.15, 0.2) is 0 Å². The Kier molecular flexibility index (Phi) is 5.06. The molecule has 9 heavy (non-hydrogen) atoms. The topological polar surface area (TPSA) is 17.1 Å². The molecule has 0 heterocycles. The highest BCUT2D eigenvalue weighted by Crippen LogP contribution is 2.10.